The van der Waals surface area contributed by atoms with Crippen LogP contribution < -0.4 is 5.01 Å². The summed E-state index contributed by atoms with van der Waals surface area (Å²) in [6.07, 6.45) is 0.214. The summed E-state index contributed by atoms with van der Waals surface area (Å²) < 4.78 is 0. The first-order valence-corrected chi connectivity index (χ1v) is 6.90. The van der Waals surface area contributed by atoms with E-state index in [1.54, 1.807) is 0 Å². The molecule has 1 unspecified atom stereocenters. The molecule has 1 aliphatic rings. The smallest absolute Gasteiger partial charge is 0.157 e. The van der Waals surface area contributed by atoms with Crippen LogP contribution in [0.3, 0.4) is 0 Å². The number of anilines is 1. The van der Waals surface area contributed by atoms with Gasteiger partial charge in [0.2, 0.25) is 0 Å². The Labute approximate surface area is 120 Å². The zero-order valence-corrected chi connectivity index (χ0v) is 12.1. The molecule has 0 aliphatic carbocycles. The van der Waals surface area contributed by atoms with Crippen LogP contribution in [0.4, 0.5) is 5.69 Å². The van der Waals surface area contributed by atoms with E-state index in [-0.39, 0.29) is 6.17 Å². The molecular weight excluding hydrogens is 246 g/mol. The molecule has 102 valence electrons. The highest BCUT2D eigenvalue weighted by Crippen LogP contribution is 2.28. The SMILES string of the molecule is Cc1ccccc1N1N=C(c2ccccc2)N(C)C1C. The van der Waals surface area contributed by atoms with Crippen molar-refractivity contribution in [2.24, 2.45) is 5.10 Å². The summed E-state index contributed by atoms with van der Waals surface area (Å²) in [7, 11) is 2.09. The van der Waals surface area contributed by atoms with Gasteiger partial charge in [-0.2, -0.15) is 5.10 Å². The molecule has 0 saturated heterocycles. The van der Waals surface area contributed by atoms with Crippen LogP contribution in [0.1, 0.15) is 18.1 Å². The second-order valence-electron chi connectivity index (χ2n) is 5.16. The van der Waals surface area contributed by atoms with E-state index >= 15 is 0 Å². The Morgan fingerprint density at radius 1 is 0.950 bits per heavy atom. The van der Waals surface area contributed by atoms with Crippen molar-refractivity contribution < 1.29 is 0 Å². The third kappa shape index (κ3) is 2.05. The summed E-state index contributed by atoms with van der Waals surface area (Å²) in [4.78, 5) is 2.21. The van der Waals surface area contributed by atoms with Crippen molar-refractivity contribution in [2.75, 3.05) is 12.1 Å². The van der Waals surface area contributed by atoms with Gasteiger partial charge in [-0.25, -0.2) is 5.01 Å². The van der Waals surface area contributed by atoms with Crippen molar-refractivity contribution in [3.8, 4) is 0 Å². The first-order valence-electron chi connectivity index (χ1n) is 6.90. The summed E-state index contributed by atoms with van der Waals surface area (Å²) in [5.74, 6) is 1.02. The fourth-order valence-corrected chi connectivity index (χ4v) is 2.52. The maximum atomic E-state index is 4.83. The van der Waals surface area contributed by atoms with Gasteiger partial charge in [0.25, 0.3) is 0 Å². The highest BCUT2D eigenvalue weighted by molar-refractivity contribution is 6.00. The van der Waals surface area contributed by atoms with Crippen LogP contribution in [0.15, 0.2) is 59.7 Å². The van der Waals surface area contributed by atoms with Gasteiger partial charge in [-0.05, 0) is 25.5 Å². The molecule has 0 bridgehead atoms. The number of nitrogens with zero attached hydrogens (tertiary/aromatic N) is 3. The standard InChI is InChI=1S/C17H19N3/c1-13-9-7-8-12-16(13)20-14(2)19(3)17(18-20)15-10-5-4-6-11-15/h4-12,14H,1-3H3. The van der Waals surface area contributed by atoms with E-state index in [9.17, 15) is 0 Å². The molecule has 0 N–H and O–H groups in total. The van der Waals surface area contributed by atoms with Crippen molar-refractivity contribution in [1.82, 2.24) is 4.90 Å². The van der Waals surface area contributed by atoms with E-state index in [4.69, 9.17) is 5.10 Å². The first-order chi connectivity index (χ1) is 9.68. The third-order valence-corrected chi connectivity index (χ3v) is 3.85. The second-order valence-corrected chi connectivity index (χ2v) is 5.16. The van der Waals surface area contributed by atoms with Gasteiger partial charge in [0.15, 0.2) is 5.84 Å². The van der Waals surface area contributed by atoms with Gasteiger partial charge in [0.1, 0.15) is 6.17 Å². The van der Waals surface area contributed by atoms with Gasteiger partial charge in [-0.1, -0.05) is 48.5 Å². The number of aryl methyl sites for hydroxylation is 1. The van der Waals surface area contributed by atoms with E-state index in [0.29, 0.717) is 0 Å². The second kappa shape index (κ2) is 5.00. The Balaban J connectivity index is 2.02. The maximum absolute atomic E-state index is 4.83. The van der Waals surface area contributed by atoms with E-state index in [1.165, 1.54) is 5.56 Å². The van der Waals surface area contributed by atoms with Gasteiger partial charge in [-0.15, -0.1) is 0 Å². The van der Waals surface area contributed by atoms with Crippen LogP contribution in [0, 0.1) is 6.92 Å². The highest BCUT2D eigenvalue weighted by Gasteiger charge is 2.29. The Morgan fingerprint density at radius 2 is 1.60 bits per heavy atom. The summed E-state index contributed by atoms with van der Waals surface area (Å²) in [6, 6.07) is 18.7. The van der Waals surface area contributed by atoms with Crippen molar-refractivity contribution >= 4 is 11.5 Å². The normalized spacial score (nSPS) is 18.4. The number of para-hydroxylation sites is 1. The summed E-state index contributed by atoms with van der Waals surface area (Å²) in [6.45, 7) is 4.30. The molecule has 20 heavy (non-hydrogen) atoms. The Morgan fingerprint density at radius 3 is 2.30 bits per heavy atom. The topological polar surface area (TPSA) is 18.8 Å². The molecular formula is C17H19N3. The van der Waals surface area contributed by atoms with Gasteiger partial charge in [-0.3, -0.25) is 0 Å². The number of rotatable bonds is 2. The number of hydrogen-bond acceptors (Lipinski definition) is 3. The summed E-state index contributed by atoms with van der Waals surface area (Å²) >= 11 is 0. The Hall–Kier alpha value is -2.29. The van der Waals surface area contributed by atoms with Gasteiger partial charge >= 0.3 is 0 Å². The number of hydrazone groups is 1. The van der Waals surface area contributed by atoms with E-state index in [2.05, 4.69) is 67.2 Å². The molecule has 0 amide bonds. The molecule has 0 radical (unpaired) electrons. The van der Waals surface area contributed by atoms with Crippen LogP contribution >= 0.6 is 0 Å². The van der Waals surface area contributed by atoms with E-state index < -0.39 is 0 Å². The first kappa shape index (κ1) is 12.7. The lowest BCUT2D eigenvalue weighted by Gasteiger charge is -2.26. The quantitative estimate of drug-likeness (QED) is 0.828. The minimum absolute atomic E-state index is 0.214. The number of benzene rings is 2. The van der Waals surface area contributed by atoms with Crippen molar-refractivity contribution in [2.45, 2.75) is 20.0 Å². The van der Waals surface area contributed by atoms with Crippen molar-refractivity contribution in [3.63, 3.8) is 0 Å². The Kier molecular flexibility index (Phi) is 3.18. The van der Waals surface area contributed by atoms with Crippen LogP contribution in [-0.2, 0) is 0 Å². The van der Waals surface area contributed by atoms with E-state index in [1.807, 2.05) is 18.2 Å². The maximum Gasteiger partial charge on any atom is 0.157 e. The average Bonchev–Trinajstić information content (AvgIpc) is 2.77. The molecule has 1 aliphatic heterocycles. The molecule has 1 atom stereocenters. The molecule has 3 rings (SSSR count). The summed E-state index contributed by atoms with van der Waals surface area (Å²) in [5.41, 5.74) is 3.56. The molecule has 2 aromatic rings. The minimum atomic E-state index is 0.214. The fraction of sp³-hybridized carbons (Fsp3) is 0.235. The Bertz CT molecular complexity index is 634. The zero-order chi connectivity index (χ0) is 14.1. The monoisotopic (exact) mass is 265 g/mol. The number of amidine groups is 1. The minimum Gasteiger partial charge on any atom is -0.336 e. The van der Waals surface area contributed by atoms with Crippen LogP contribution in [-0.4, -0.2) is 23.9 Å². The van der Waals surface area contributed by atoms with Crippen LogP contribution in [0.5, 0.6) is 0 Å². The molecule has 0 aromatic heterocycles. The van der Waals surface area contributed by atoms with Crippen molar-refractivity contribution in [1.29, 1.82) is 0 Å². The zero-order valence-electron chi connectivity index (χ0n) is 12.1. The molecule has 1 heterocycles. The van der Waals surface area contributed by atoms with Gasteiger partial charge in [0, 0.05) is 12.6 Å². The predicted molar refractivity (Wildman–Crippen MR) is 83.9 cm³/mol. The average molecular weight is 265 g/mol. The van der Waals surface area contributed by atoms with Crippen molar-refractivity contribution in [3.05, 3.63) is 65.7 Å². The highest BCUT2D eigenvalue weighted by atomic mass is 15.6. The third-order valence-electron chi connectivity index (χ3n) is 3.85. The molecule has 0 spiro atoms. The van der Waals surface area contributed by atoms with Crippen LogP contribution in [0.2, 0.25) is 0 Å². The lowest BCUT2D eigenvalue weighted by Crippen LogP contribution is -2.37. The van der Waals surface area contributed by atoms with Crippen LogP contribution in [0.25, 0.3) is 0 Å². The molecule has 3 heteroatoms. The number of hydrogen-bond donors (Lipinski definition) is 0. The fourth-order valence-electron chi connectivity index (χ4n) is 2.52. The summed E-state index contributed by atoms with van der Waals surface area (Å²) in [5, 5.41) is 6.92. The molecule has 0 fully saturated rings. The lowest BCUT2D eigenvalue weighted by atomic mass is 10.2. The van der Waals surface area contributed by atoms with E-state index in [0.717, 1.165) is 17.1 Å². The van der Waals surface area contributed by atoms with Gasteiger partial charge < -0.3 is 4.90 Å². The predicted octanol–water partition coefficient (Wildman–Crippen LogP) is 3.45. The largest absolute Gasteiger partial charge is 0.336 e. The molecule has 0 saturated carbocycles. The molecule has 3 nitrogen and oxygen atoms in total. The van der Waals surface area contributed by atoms with Gasteiger partial charge in [0.05, 0.1) is 5.69 Å². The molecule has 2 aromatic carbocycles. The lowest BCUT2D eigenvalue weighted by molar-refractivity contribution is 0.413.